The molecule has 4 aromatic rings. The van der Waals surface area contributed by atoms with E-state index in [2.05, 4.69) is 4.98 Å². The summed E-state index contributed by atoms with van der Waals surface area (Å²) in [5.41, 5.74) is 5.79. The summed E-state index contributed by atoms with van der Waals surface area (Å²) in [6.07, 6.45) is -5.83. The van der Waals surface area contributed by atoms with E-state index in [1.165, 1.54) is 53.1 Å². The number of hydrogen-bond donors (Lipinski definition) is 1. The molecule has 1 aliphatic heterocycles. The van der Waals surface area contributed by atoms with Gasteiger partial charge in [0.2, 0.25) is 5.95 Å². The van der Waals surface area contributed by atoms with Crippen LogP contribution in [-0.4, -0.2) is 27.1 Å². The summed E-state index contributed by atoms with van der Waals surface area (Å²) in [6.45, 7) is -0.291. The fourth-order valence-corrected chi connectivity index (χ4v) is 4.63. The number of benzene rings is 3. The number of halogens is 6. The molecule has 0 bridgehead atoms. The summed E-state index contributed by atoms with van der Waals surface area (Å²) >= 11 is 0. The van der Waals surface area contributed by atoms with Gasteiger partial charge in [-0.2, -0.15) is 13.2 Å². The zero-order valence-corrected chi connectivity index (χ0v) is 21.0. The van der Waals surface area contributed by atoms with Gasteiger partial charge in [0.1, 0.15) is 11.6 Å². The van der Waals surface area contributed by atoms with Crippen LogP contribution in [0.3, 0.4) is 0 Å². The van der Waals surface area contributed by atoms with Crippen LogP contribution in [-0.2, 0) is 19.1 Å². The minimum atomic E-state index is -4.77. The normalized spacial score (nSPS) is 13.3. The third-order valence-corrected chi connectivity index (χ3v) is 6.64. The van der Waals surface area contributed by atoms with Crippen molar-refractivity contribution in [1.82, 2.24) is 14.5 Å². The Balaban J connectivity index is 1.45. The first-order valence-corrected chi connectivity index (χ1v) is 12.2. The molecular weight excluding hydrogens is 554 g/mol. The second-order valence-corrected chi connectivity index (χ2v) is 9.26. The quantitative estimate of drug-likeness (QED) is 0.327. The van der Waals surface area contributed by atoms with Crippen LogP contribution in [0.25, 0.3) is 0 Å². The van der Waals surface area contributed by atoms with Crippen molar-refractivity contribution in [2.45, 2.75) is 25.2 Å². The van der Waals surface area contributed by atoms with Crippen LogP contribution in [0, 0.1) is 17.5 Å². The van der Waals surface area contributed by atoms with Gasteiger partial charge >= 0.3 is 12.3 Å². The number of carbonyl (C=O) groups is 1. The molecule has 0 fully saturated rings. The molecule has 41 heavy (non-hydrogen) atoms. The molecular formula is C28H20F6N4O3. The number of anilines is 1. The van der Waals surface area contributed by atoms with Crippen LogP contribution >= 0.6 is 0 Å². The fourth-order valence-electron chi connectivity index (χ4n) is 4.63. The van der Waals surface area contributed by atoms with Gasteiger partial charge in [0.25, 0.3) is 5.56 Å². The predicted octanol–water partition coefficient (Wildman–Crippen LogP) is 5.46. The predicted molar refractivity (Wildman–Crippen MR) is 134 cm³/mol. The number of amides is 1. The zero-order chi connectivity index (χ0) is 29.5. The molecule has 0 spiro atoms. The van der Waals surface area contributed by atoms with Gasteiger partial charge in [-0.15, -0.1) is 0 Å². The Kier molecular flexibility index (Phi) is 7.20. The molecule has 5 rings (SSSR count). The molecule has 0 atom stereocenters. The number of nitrogens with zero attached hydrogens (tertiary/aromatic N) is 3. The first-order chi connectivity index (χ1) is 19.4. The molecule has 0 unspecified atom stereocenters. The molecule has 0 saturated heterocycles. The molecule has 0 saturated carbocycles. The second-order valence-electron chi connectivity index (χ2n) is 9.26. The number of aromatic nitrogens is 2. The molecule has 3 aromatic carbocycles. The summed E-state index contributed by atoms with van der Waals surface area (Å²) in [5.74, 6) is -3.31. The SMILES string of the molecule is Nc1nc2c(c(=O)n1C(c1ccc(F)cc1)c1ccc(F)cc1)CCN(C(=O)Oc1ccc(C(F)(F)F)cc1F)C2. The van der Waals surface area contributed by atoms with Crippen LogP contribution in [0.2, 0.25) is 0 Å². The Bertz CT molecular complexity index is 1630. The molecule has 1 aliphatic rings. The third-order valence-electron chi connectivity index (χ3n) is 6.64. The summed E-state index contributed by atoms with van der Waals surface area (Å²) in [7, 11) is 0. The standard InChI is InChI=1S/C28H20F6N4O3/c29-18-6-1-15(2-7-18)24(16-3-8-19(30)9-4-16)38-25(39)20-11-12-37(14-22(20)36-26(38)35)27(40)41-23-10-5-17(13-21(23)31)28(32,33)34/h1-10,13,24H,11-12,14H2,(H2,35,36). The summed E-state index contributed by atoms with van der Waals surface area (Å²) in [4.78, 5) is 31.8. The van der Waals surface area contributed by atoms with Gasteiger partial charge in [0, 0.05) is 12.1 Å². The van der Waals surface area contributed by atoms with E-state index in [0.29, 0.717) is 23.3 Å². The lowest BCUT2D eigenvalue weighted by atomic mass is 9.97. The van der Waals surface area contributed by atoms with E-state index in [9.17, 15) is 35.9 Å². The zero-order valence-electron chi connectivity index (χ0n) is 21.0. The van der Waals surface area contributed by atoms with Gasteiger partial charge in [-0.05, 0) is 60.0 Å². The molecule has 2 N–H and O–H groups in total. The molecule has 13 heteroatoms. The van der Waals surface area contributed by atoms with E-state index in [1.807, 2.05) is 0 Å². The van der Waals surface area contributed by atoms with Crippen molar-refractivity contribution in [3.8, 4) is 5.75 Å². The molecule has 1 aromatic heterocycles. The van der Waals surface area contributed by atoms with E-state index < -0.39 is 52.6 Å². The largest absolute Gasteiger partial charge is 0.416 e. The molecule has 7 nitrogen and oxygen atoms in total. The summed E-state index contributed by atoms with van der Waals surface area (Å²) < 4.78 is 86.1. The lowest BCUT2D eigenvalue weighted by molar-refractivity contribution is -0.137. The highest BCUT2D eigenvalue weighted by molar-refractivity contribution is 5.71. The Morgan fingerprint density at radius 2 is 1.51 bits per heavy atom. The smallest absolute Gasteiger partial charge is 0.407 e. The van der Waals surface area contributed by atoms with Crippen molar-refractivity contribution in [1.29, 1.82) is 0 Å². The number of hydrogen-bond acceptors (Lipinski definition) is 5. The Morgan fingerprint density at radius 3 is 2.05 bits per heavy atom. The number of alkyl halides is 3. The molecule has 0 radical (unpaired) electrons. The average molecular weight is 574 g/mol. The Labute approximate surface area is 228 Å². The highest BCUT2D eigenvalue weighted by atomic mass is 19.4. The maximum atomic E-state index is 14.2. The highest BCUT2D eigenvalue weighted by Crippen LogP contribution is 2.33. The number of nitrogens with two attached hydrogens (primary N) is 1. The minimum Gasteiger partial charge on any atom is -0.407 e. The maximum absolute atomic E-state index is 14.2. The van der Waals surface area contributed by atoms with E-state index in [0.717, 1.165) is 4.90 Å². The first kappa shape index (κ1) is 27.7. The molecule has 2 heterocycles. The van der Waals surface area contributed by atoms with Crippen molar-refractivity contribution in [3.63, 3.8) is 0 Å². The Hall–Kier alpha value is -4.81. The van der Waals surface area contributed by atoms with Crippen molar-refractivity contribution in [3.05, 3.63) is 122 Å². The molecule has 1 amide bonds. The van der Waals surface area contributed by atoms with E-state index in [1.54, 1.807) is 0 Å². The lowest BCUT2D eigenvalue weighted by Gasteiger charge is -2.29. The number of rotatable bonds is 4. The van der Waals surface area contributed by atoms with Crippen molar-refractivity contribution in [2.75, 3.05) is 12.3 Å². The highest BCUT2D eigenvalue weighted by Gasteiger charge is 2.33. The van der Waals surface area contributed by atoms with Gasteiger partial charge in [0.15, 0.2) is 11.6 Å². The lowest BCUT2D eigenvalue weighted by Crippen LogP contribution is -2.43. The number of nitrogen functional groups attached to an aromatic ring is 1. The average Bonchev–Trinajstić information content (AvgIpc) is 2.92. The third kappa shape index (κ3) is 5.60. The van der Waals surface area contributed by atoms with E-state index in [4.69, 9.17) is 10.5 Å². The van der Waals surface area contributed by atoms with Crippen LogP contribution in [0.15, 0.2) is 71.5 Å². The van der Waals surface area contributed by atoms with Crippen molar-refractivity contribution >= 4 is 12.0 Å². The van der Waals surface area contributed by atoms with Crippen LogP contribution < -0.4 is 16.0 Å². The number of fused-ring (bicyclic) bond motifs is 1. The van der Waals surface area contributed by atoms with Gasteiger partial charge in [-0.1, -0.05) is 24.3 Å². The monoisotopic (exact) mass is 574 g/mol. The van der Waals surface area contributed by atoms with Crippen LogP contribution in [0.5, 0.6) is 5.75 Å². The summed E-state index contributed by atoms with van der Waals surface area (Å²) in [5, 5.41) is 0. The van der Waals surface area contributed by atoms with Crippen LogP contribution in [0.4, 0.5) is 37.1 Å². The van der Waals surface area contributed by atoms with Gasteiger partial charge < -0.3 is 15.4 Å². The Morgan fingerprint density at radius 1 is 0.927 bits per heavy atom. The van der Waals surface area contributed by atoms with Crippen LogP contribution in [0.1, 0.15) is 34.0 Å². The fraction of sp³-hybridized carbons (Fsp3) is 0.179. The van der Waals surface area contributed by atoms with Crippen molar-refractivity contribution in [2.24, 2.45) is 0 Å². The van der Waals surface area contributed by atoms with Gasteiger partial charge in [0.05, 0.1) is 23.8 Å². The minimum absolute atomic E-state index is 0.00555. The summed E-state index contributed by atoms with van der Waals surface area (Å²) in [6, 6.07) is 11.3. The van der Waals surface area contributed by atoms with Gasteiger partial charge in [-0.3, -0.25) is 9.36 Å². The van der Waals surface area contributed by atoms with E-state index >= 15 is 0 Å². The molecule has 212 valence electrons. The molecule has 0 aliphatic carbocycles. The number of ether oxygens (including phenoxy) is 1. The van der Waals surface area contributed by atoms with E-state index in [-0.39, 0.29) is 42.8 Å². The number of carbonyl (C=O) groups excluding carboxylic acids is 1. The second kappa shape index (κ2) is 10.6. The maximum Gasteiger partial charge on any atom is 0.416 e. The topological polar surface area (TPSA) is 90.5 Å². The van der Waals surface area contributed by atoms with Crippen molar-refractivity contribution < 1.29 is 35.9 Å². The van der Waals surface area contributed by atoms with Gasteiger partial charge in [-0.25, -0.2) is 22.9 Å². The first-order valence-electron chi connectivity index (χ1n) is 12.2.